The van der Waals surface area contributed by atoms with Gasteiger partial charge in [-0.05, 0) is 32.3 Å². The second-order valence-electron chi connectivity index (χ2n) is 7.40. The Kier molecular flexibility index (Phi) is 5.58. The molecule has 1 aliphatic heterocycles. The first kappa shape index (κ1) is 19.8. The summed E-state index contributed by atoms with van der Waals surface area (Å²) in [4.78, 5) is 22.3. The molecule has 1 aromatic carbocycles. The fourth-order valence-corrected chi connectivity index (χ4v) is 3.46. The number of para-hydroxylation sites is 2. The number of carbonyl (C=O) groups excluding carboxylic acids is 1. The lowest BCUT2D eigenvalue weighted by Crippen LogP contribution is -2.31. The summed E-state index contributed by atoms with van der Waals surface area (Å²) >= 11 is 0. The fraction of sp³-hybridized carbons (Fsp3) is 0.273. The number of phenolic OH excluding ortho intramolecular Hbond substituents is 1. The van der Waals surface area contributed by atoms with E-state index in [1.165, 1.54) is 0 Å². The smallest absolute Gasteiger partial charge is 0.255 e. The number of phenols is 1. The van der Waals surface area contributed by atoms with Crippen molar-refractivity contribution < 1.29 is 14.6 Å². The highest BCUT2D eigenvalue weighted by atomic mass is 16.5. The third-order valence-electron chi connectivity index (χ3n) is 4.98. The molecule has 0 radical (unpaired) electrons. The first-order valence-electron chi connectivity index (χ1n) is 9.84. The molecule has 0 bridgehead atoms. The molecule has 3 aromatic rings. The van der Waals surface area contributed by atoms with E-state index in [-0.39, 0.29) is 11.7 Å². The monoisotopic (exact) mass is 407 g/mol. The van der Waals surface area contributed by atoms with E-state index in [4.69, 9.17) is 4.74 Å². The number of pyridine rings is 1. The molecule has 1 aliphatic rings. The molecule has 0 atom stereocenters. The van der Waals surface area contributed by atoms with Crippen molar-refractivity contribution in [3.05, 3.63) is 54.0 Å². The van der Waals surface area contributed by atoms with Gasteiger partial charge in [0.05, 0.1) is 28.8 Å². The maximum absolute atomic E-state index is 12.7. The molecule has 0 saturated carbocycles. The van der Waals surface area contributed by atoms with Crippen LogP contribution in [-0.2, 0) is 6.42 Å². The molecule has 0 saturated heterocycles. The van der Waals surface area contributed by atoms with Gasteiger partial charge in [0.1, 0.15) is 18.1 Å². The highest BCUT2D eigenvalue weighted by Gasteiger charge is 2.28. The van der Waals surface area contributed by atoms with Crippen molar-refractivity contribution in [1.29, 1.82) is 0 Å². The average Bonchev–Trinajstić information content (AvgIpc) is 3.09. The van der Waals surface area contributed by atoms with Crippen LogP contribution in [0.2, 0.25) is 0 Å². The largest absolute Gasteiger partial charge is 0.506 e. The Bertz CT molecular complexity index is 1060. The number of aromatic nitrogens is 2. The van der Waals surface area contributed by atoms with E-state index in [0.717, 1.165) is 23.5 Å². The Morgan fingerprint density at radius 3 is 2.90 bits per heavy atom. The number of nitrogens with zero attached hydrogens (tertiary/aromatic N) is 2. The topological polar surface area (TPSA) is 103 Å². The maximum Gasteiger partial charge on any atom is 0.255 e. The minimum Gasteiger partial charge on any atom is -0.506 e. The minimum absolute atomic E-state index is 0.104. The standard InChI is InChI=1S/C22H25N5O3/c1-27(2)11-12-30-18-13-23-9-7-14(18)20-21(25-15-5-3-4-6-17(15)28)19-16(26-20)8-10-24-22(19)29/h3-7,9,13,25-26,28H,8,10-12H2,1-2H3,(H,24,29). The molecule has 2 aromatic heterocycles. The number of aromatic hydroxyl groups is 1. The highest BCUT2D eigenvalue weighted by molar-refractivity contribution is 6.06. The number of aromatic amines is 1. The molecule has 0 unspecified atom stereocenters. The summed E-state index contributed by atoms with van der Waals surface area (Å²) in [5.74, 6) is 0.575. The van der Waals surface area contributed by atoms with Crippen molar-refractivity contribution in [1.82, 2.24) is 20.2 Å². The van der Waals surface area contributed by atoms with E-state index in [2.05, 4.69) is 20.6 Å². The Labute approximate surface area is 174 Å². The number of hydrogen-bond donors (Lipinski definition) is 4. The first-order valence-corrected chi connectivity index (χ1v) is 9.84. The summed E-state index contributed by atoms with van der Waals surface area (Å²) in [6.45, 7) is 1.85. The molecule has 156 valence electrons. The van der Waals surface area contributed by atoms with Crippen molar-refractivity contribution >= 4 is 17.3 Å². The lowest BCUT2D eigenvalue weighted by molar-refractivity contribution is 0.0947. The zero-order valence-electron chi connectivity index (χ0n) is 17.0. The van der Waals surface area contributed by atoms with Crippen LogP contribution in [0.1, 0.15) is 16.1 Å². The van der Waals surface area contributed by atoms with Gasteiger partial charge < -0.3 is 30.4 Å². The molecule has 4 rings (SSSR count). The van der Waals surface area contributed by atoms with Crippen LogP contribution in [-0.4, -0.2) is 59.7 Å². The summed E-state index contributed by atoms with van der Waals surface area (Å²) in [5.41, 5.74) is 4.04. The molecule has 8 nitrogen and oxygen atoms in total. The first-order chi connectivity index (χ1) is 14.5. The summed E-state index contributed by atoms with van der Waals surface area (Å²) in [6.07, 6.45) is 4.06. The van der Waals surface area contributed by atoms with E-state index in [1.807, 2.05) is 31.1 Å². The number of fused-ring (bicyclic) bond motifs is 1. The van der Waals surface area contributed by atoms with E-state index in [9.17, 15) is 9.90 Å². The number of benzene rings is 1. The zero-order chi connectivity index (χ0) is 21.1. The van der Waals surface area contributed by atoms with Gasteiger partial charge in [-0.15, -0.1) is 0 Å². The number of hydrogen-bond acceptors (Lipinski definition) is 6. The molecular formula is C22H25N5O3. The molecular weight excluding hydrogens is 382 g/mol. The van der Waals surface area contributed by atoms with Crippen LogP contribution < -0.4 is 15.4 Å². The quantitative estimate of drug-likeness (QED) is 0.449. The number of likely N-dealkylation sites (N-methyl/N-ethyl adjacent to an activating group) is 1. The second-order valence-corrected chi connectivity index (χ2v) is 7.40. The van der Waals surface area contributed by atoms with Gasteiger partial charge in [-0.1, -0.05) is 12.1 Å². The maximum atomic E-state index is 12.7. The Morgan fingerprint density at radius 2 is 2.10 bits per heavy atom. The number of amides is 1. The van der Waals surface area contributed by atoms with Crippen LogP contribution in [0, 0.1) is 0 Å². The zero-order valence-corrected chi connectivity index (χ0v) is 17.0. The predicted molar refractivity (Wildman–Crippen MR) is 115 cm³/mol. The Morgan fingerprint density at radius 1 is 1.27 bits per heavy atom. The van der Waals surface area contributed by atoms with Crippen molar-refractivity contribution in [2.45, 2.75) is 6.42 Å². The van der Waals surface area contributed by atoms with Gasteiger partial charge in [0.2, 0.25) is 0 Å². The molecule has 4 N–H and O–H groups in total. The molecule has 0 aliphatic carbocycles. The van der Waals surface area contributed by atoms with E-state index in [0.29, 0.717) is 42.3 Å². The van der Waals surface area contributed by atoms with E-state index in [1.54, 1.807) is 30.6 Å². The number of nitrogens with one attached hydrogen (secondary N) is 3. The number of H-pyrrole nitrogens is 1. The predicted octanol–water partition coefficient (Wildman–Crippen LogP) is 2.75. The summed E-state index contributed by atoms with van der Waals surface area (Å²) < 4.78 is 5.99. The molecule has 30 heavy (non-hydrogen) atoms. The van der Waals surface area contributed by atoms with Gasteiger partial charge in [0.15, 0.2) is 0 Å². The third kappa shape index (κ3) is 3.95. The number of carbonyl (C=O) groups is 1. The van der Waals surface area contributed by atoms with Gasteiger partial charge in [-0.2, -0.15) is 0 Å². The lowest BCUT2D eigenvalue weighted by atomic mass is 10.0. The Balaban J connectivity index is 1.79. The van der Waals surface area contributed by atoms with Gasteiger partial charge in [-0.25, -0.2) is 0 Å². The van der Waals surface area contributed by atoms with Crippen LogP contribution in [0.4, 0.5) is 11.4 Å². The molecule has 1 amide bonds. The van der Waals surface area contributed by atoms with Crippen molar-refractivity contribution in [3.63, 3.8) is 0 Å². The summed E-state index contributed by atoms with van der Waals surface area (Å²) in [5, 5.41) is 16.4. The second kappa shape index (κ2) is 8.46. The van der Waals surface area contributed by atoms with Crippen molar-refractivity contribution in [2.75, 3.05) is 39.1 Å². The van der Waals surface area contributed by atoms with Crippen LogP contribution in [0.25, 0.3) is 11.3 Å². The molecule has 3 heterocycles. The number of anilines is 2. The van der Waals surface area contributed by atoms with Gasteiger partial charge in [0.25, 0.3) is 5.91 Å². The van der Waals surface area contributed by atoms with Crippen LogP contribution >= 0.6 is 0 Å². The summed E-state index contributed by atoms with van der Waals surface area (Å²) in [6, 6.07) is 8.79. The normalized spacial score (nSPS) is 13.1. The lowest BCUT2D eigenvalue weighted by Gasteiger charge is -2.16. The SMILES string of the molecule is CN(C)CCOc1cnccc1-c1[nH]c2c(c1Nc1ccccc1O)C(=O)NCC2. The van der Waals surface area contributed by atoms with Crippen molar-refractivity contribution in [3.8, 4) is 22.8 Å². The van der Waals surface area contributed by atoms with Gasteiger partial charge in [0, 0.05) is 37.0 Å². The number of rotatable bonds is 7. The van der Waals surface area contributed by atoms with E-state index >= 15 is 0 Å². The molecule has 8 heteroatoms. The van der Waals surface area contributed by atoms with Gasteiger partial charge in [-0.3, -0.25) is 9.78 Å². The minimum atomic E-state index is -0.152. The highest BCUT2D eigenvalue weighted by Crippen LogP contribution is 2.41. The average molecular weight is 407 g/mol. The third-order valence-corrected chi connectivity index (χ3v) is 4.98. The van der Waals surface area contributed by atoms with Crippen LogP contribution in [0.15, 0.2) is 42.7 Å². The number of ether oxygens (including phenoxy) is 1. The van der Waals surface area contributed by atoms with Crippen molar-refractivity contribution in [2.24, 2.45) is 0 Å². The van der Waals surface area contributed by atoms with E-state index < -0.39 is 0 Å². The molecule has 0 spiro atoms. The van der Waals surface area contributed by atoms with Gasteiger partial charge >= 0.3 is 0 Å². The molecule has 0 fully saturated rings. The van der Waals surface area contributed by atoms with Crippen LogP contribution in [0.5, 0.6) is 11.5 Å². The summed E-state index contributed by atoms with van der Waals surface area (Å²) in [7, 11) is 3.97. The fourth-order valence-electron chi connectivity index (χ4n) is 3.46. The Hall–Kier alpha value is -3.52. The van der Waals surface area contributed by atoms with Crippen LogP contribution in [0.3, 0.4) is 0 Å².